The van der Waals surface area contributed by atoms with Gasteiger partial charge in [0.05, 0.1) is 28.7 Å². The topological polar surface area (TPSA) is 70.8 Å². The Morgan fingerprint density at radius 2 is 1.75 bits per heavy atom. The minimum atomic E-state index is -0.782. The molecule has 1 aliphatic rings. The van der Waals surface area contributed by atoms with E-state index in [1.807, 2.05) is 27.7 Å². The van der Waals surface area contributed by atoms with Gasteiger partial charge in [0.2, 0.25) is 0 Å². The van der Waals surface area contributed by atoms with Gasteiger partial charge >= 0.3 is 12.8 Å². The standard InChI is InChI=1S/C13H18BNO5/c1-12(2)13(3,4)20-14(19-12)9-7-6-8-10(18-5)11(9)15(16)17/h6-8H,1-5H3. The van der Waals surface area contributed by atoms with Gasteiger partial charge < -0.3 is 14.0 Å². The number of ether oxygens (including phenoxy) is 1. The van der Waals surface area contributed by atoms with Gasteiger partial charge in [-0.15, -0.1) is 0 Å². The quantitative estimate of drug-likeness (QED) is 0.480. The van der Waals surface area contributed by atoms with E-state index in [2.05, 4.69) is 0 Å². The summed E-state index contributed by atoms with van der Waals surface area (Å²) in [6.45, 7) is 7.61. The molecule has 1 aromatic rings. The summed E-state index contributed by atoms with van der Waals surface area (Å²) in [6.07, 6.45) is 0. The predicted molar refractivity (Wildman–Crippen MR) is 75.4 cm³/mol. The van der Waals surface area contributed by atoms with Crippen LogP contribution in [0.3, 0.4) is 0 Å². The lowest BCUT2D eigenvalue weighted by molar-refractivity contribution is -0.384. The van der Waals surface area contributed by atoms with Crippen molar-refractivity contribution < 1.29 is 19.0 Å². The SMILES string of the molecule is COc1cccc(B2OC(C)(C)C(C)(C)O2)c1[N+](=O)[O-]. The summed E-state index contributed by atoms with van der Waals surface area (Å²) in [7, 11) is 0.617. The molecule has 0 atom stereocenters. The number of nitro benzene ring substituents is 1. The van der Waals surface area contributed by atoms with Crippen LogP contribution < -0.4 is 10.2 Å². The van der Waals surface area contributed by atoms with E-state index in [1.165, 1.54) is 7.11 Å². The van der Waals surface area contributed by atoms with Crippen LogP contribution in [0.4, 0.5) is 5.69 Å². The number of methoxy groups -OCH3 is 1. The third-order valence-corrected chi connectivity index (χ3v) is 3.94. The van der Waals surface area contributed by atoms with E-state index >= 15 is 0 Å². The summed E-state index contributed by atoms with van der Waals surface area (Å²) in [5.41, 5.74) is -0.843. The Balaban J connectivity index is 2.48. The largest absolute Gasteiger partial charge is 0.502 e. The molecule has 1 saturated heterocycles. The van der Waals surface area contributed by atoms with Crippen molar-refractivity contribution in [2.75, 3.05) is 7.11 Å². The van der Waals surface area contributed by atoms with Gasteiger partial charge in [0.1, 0.15) is 0 Å². The van der Waals surface area contributed by atoms with Gasteiger partial charge in [-0.3, -0.25) is 10.1 Å². The number of para-hydroxylation sites is 1. The normalized spacial score (nSPS) is 19.9. The van der Waals surface area contributed by atoms with E-state index in [4.69, 9.17) is 14.0 Å². The molecule has 0 aliphatic carbocycles. The van der Waals surface area contributed by atoms with Crippen molar-refractivity contribution in [2.24, 2.45) is 0 Å². The van der Waals surface area contributed by atoms with Crippen LogP contribution in [0, 0.1) is 10.1 Å². The van der Waals surface area contributed by atoms with E-state index in [0.717, 1.165) is 0 Å². The number of hydrogen-bond acceptors (Lipinski definition) is 5. The third kappa shape index (κ3) is 2.27. The molecule has 108 valence electrons. The third-order valence-electron chi connectivity index (χ3n) is 3.94. The maximum absolute atomic E-state index is 11.3. The Bertz CT molecular complexity index is 528. The van der Waals surface area contributed by atoms with Crippen molar-refractivity contribution in [3.63, 3.8) is 0 Å². The molecule has 0 aromatic heterocycles. The van der Waals surface area contributed by atoms with Gasteiger partial charge in [0.25, 0.3) is 0 Å². The minimum Gasteiger partial charge on any atom is -0.490 e. The number of benzene rings is 1. The molecule has 1 aromatic carbocycles. The van der Waals surface area contributed by atoms with Crippen LogP contribution in [0.15, 0.2) is 18.2 Å². The maximum atomic E-state index is 11.3. The highest BCUT2D eigenvalue weighted by Gasteiger charge is 2.53. The van der Waals surface area contributed by atoms with Gasteiger partial charge in [-0.25, -0.2) is 0 Å². The first-order chi connectivity index (χ1) is 9.19. The lowest BCUT2D eigenvalue weighted by Crippen LogP contribution is -2.41. The van der Waals surface area contributed by atoms with Gasteiger partial charge in [0, 0.05) is 0 Å². The Hall–Kier alpha value is -1.60. The fourth-order valence-electron chi connectivity index (χ4n) is 2.06. The highest BCUT2D eigenvalue weighted by molar-refractivity contribution is 6.63. The van der Waals surface area contributed by atoms with Crippen molar-refractivity contribution in [2.45, 2.75) is 38.9 Å². The average Bonchev–Trinajstić information content (AvgIpc) is 2.57. The molecule has 2 rings (SSSR count). The van der Waals surface area contributed by atoms with Gasteiger partial charge in [-0.05, 0) is 33.8 Å². The molecule has 1 heterocycles. The fourth-order valence-corrected chi connectivity index (χ4v) is 2.06. The highest BCUT2D eigenvalue weighted by Crippen LogP contribution is 2.38. The molecule has 1 aliphatic heterocycles. The van der Waals surface area contributed by atoms with Crippen LogP contribution >= 0.6 is 0 Å². The highest BCUT2D eigenvalue weighted by atomic mass is 16.7. The first-order valence-corrected chi connectivity index (χ1v) is 6.36. The smallest absolute Gasteiger partial charge is 0.490 e. The lowest BCUT2D eigenvalue weighted by Gasteiger charge is -2.32. The Kier molecular flexibility index (Phi) is 3.52. The van der Waals surface area contributed by atoms with E-state index in [1.54, 1.807) is 18.2 Å². The van der Waals surface area contributed by atoms with Crippen LogP contribution in [0.25, 0.3) is 0 Å². The van der Waals surface area contributed by atoms with E-state index < -0.39 is 23.2 Å². The minimum absolute atomic E-state index is 0.117. The number of nitrogens with zero attached hydrogens (tertiary/aromatic N) is 1. The summed E-state index contributed by atoms with van der Waals surface area (Å²) in [5.74, 6) is 0.196. The van der Waals surface area contributed by atoms with Crippen LogP contribution in [0.5, 0.6) is 5.75 Å². The second-order valence-electron chi connectivity index (χ2n) is 5.74. The summed E-state index contributed by atoms with van der Waals surface area (Å²) in [5, 5.41) is 11.3. The van der Waals surface area contributed by atoms with Crippen LogP contribution in [-0.2, 0) is 9.31 Å². The zero-order chi connectivity index (χ0) is 15.1. The van der Waals surface area contributed by atoms with Crippen molar-refractivity contribution in [3.8, 4) is 5.75 Å². The van der Waals surface area contributed by atoms with E-state index in [0.29, 0.717) is 5.46 Å². The summed E-state index contributed by atoms with van der Waals surface area (Å²) in [6, 6.07) is 4.86. The molecule has 0 spiro atoms. The van der Waals surface area contributed by atoms with Crippen molar-refractivity contribution in [1.29, 1.82) is 0 Å². The van der Waals surface area contributed by atoms with Gasteiger partial charge in [-0.1, -0.05) is 12.1 Å². The summed E-state index contributed by atoms with van der Waals surface area (Å²) in [4.78, 5) is 10.8. The molecule has 7 heteroatoms. The predicted octanol–water partition coefficient (Wildman–Crippen LogP) is 1.90. The molecule has 20 heavy (non-hydrogen) atoms. The van der Waals surface area contributed by atoms with Gasteiger partial charge in [0.15, 0.2) is 5.75 Å². The molecule has 0 amide bonds. The lowest BCUT2D eigenvalue weighted by atomic mass is 9.77. The zero-order valence-electron chi connectivity index (χ0n) is 12.3. The number of nitro groups is 1. The molecule has 0 N–H and O–H groups in total. The molecule has 6 nitrogen and oxygen atoms in total. The van der Waals surface area contributed by atoms with Crippen LogP contribution in [0.1, 0.15) is 27.7 Å². The maximum Gasteiger partial charge on any atom is 0.502 e. The second kappa shape index (κ2) is 4.75. The summed E-state index contributed by atoms with van der Waals surface area (Å²) >= 11 is 0. The van der Waals surface area contributed by atoms with Crippen LogP contribution in [-0.4, -0.2) is 30.4 Å². The molecule has 0 saturated carbocycles. The first kappa shape index (κ1) is 14.8. The summed E-state index contributed by atoms with van der Waals surface area (Å²) < 4.78 is 16.8. The van der Waals surface area contributed by atoms with Crippen molar-refractivity contribution >= 4 is 18.3 Å². The Morgan fingerprint density at radius 1 is 1.20 bits per heavy atom. The molecule has 1 fully saturated rings. The molecular formula is C13H18BNO5. The second-order valence-corrected chi connectivity index (χ2v) is 5.74. The average molecular weight is 279 g/mol. The monoisotopic (exact) mass is 279 g/mol. The van der Waals surface area contributed by atoms with Crippen molar-refractivity contribution in [3.05, 3.63) is 28.3 Å². The van der Waals surface area contributed by atoms with Gasteiger partial charge in [-0.2, -0.15) is 0 Å². The number of hydrogen-bond donors (Lipinski definition) is 0. The first-order valence-electron chi connectivity index (χ1n) is 6.36. The van der Waals surface area contributed by atoms with Crippen molar-refractivity contribution in [1.82, 2.24) is 0 Å². The molecule has 0 unspecified atom stereocenters. The van der Waals surface area contributed by atoms with E-state index in [-0.39, 0.29) is 11.4 Å². The fraction of sp³-hybridized carbons (Fsp3) is 0.538. The molecular weight excluding hydrogens is 261 g/mol. The van der Waals surface area contributed by atoms with E-state index in [9.17, 15) is 10.1 Å². The zero-order valence-corrected chi connectivity index (χ0v) is 12.3. The molecule has 0 bridgehead atoms. The Labute approximate surface area is 118 Å². The Morgan fingerprint density at radius 3 is 2.20 bits per heavy atom. The molecule has 0 radical (unpaired) electrons. The number of rotatable bonds is 3. The van der Waals surface area contributed by atoms with Crippen LogP contribution in [0.2, 0.25) is 0 Å².